The Balaban J connectivity index is 1.63. The van der Waals surface area contributed by atoms with Gasteiger partial charge < -0.3 is 9.47 Å². The Hall–Kier alpha value is -3.34. The van der Waals surface area contributed by atoms with E-state index in [1.165, 1.54) is 0 Å². The van der Waals surface area contributed by atoms with Crippen LogP contribution in [0.4, 0.5) is 0 Å². The van der Waals surface area contributed by atoms with E-state index in [4.69, 9.17) is 0 Å². The van der Waals surface area contributed by atoms with Crippen molar-refractivity contribution in [3.63, 3.8) is 0 Å². The summed E-state index contributed by atoms with van der Waals surface area (Å²) >= 11 is 0. The molecular weight excluding hydrogens is 336 g/mol. The van der Waals surface area contributed by atoms with Crippen LogP contribution in [0.15, 0.2) is 60.8 Å². The van der Waals surface area contributed by atoms with E-state index >= 15 is 0 Å². The second-order valence-corrected chi connectivity index (χ2v) is 6.90. The molecule has 0 radical (unpaired) electrons. The normalized spacial score (nSPS) is 11.1. The second kappa shape index (κ2) is 6.76. The highest BCUT2D eigenvalue weighted by molar-refractivity contribution is 5.99. The van der Waals surface area contributed by atoms with Crippen LogP contribution in [-0.2, 0) is 13.6 Å². The summed E-state index contributed by atoms with van der Waals surface area (Å²) in [5, 5.41) is 8.32. The number of carbonyl (C=O) groups is 1. The Labute approximate surface area is 158 Å². The zero-order valence-electron chi connectivity index (χ0n) is 15.7. The summed E-state index contributed by atoms with van der Waals surface area (Å²) < 4.78 is 1.98. The predicted molar refractivity (Wildman–Crippen MR) is 107 cm³/mol. The molecular formula is C22H22N4O. The zero-order valence-corrected chi connectivity index (χ0v) is 15.7. The van der Waals surface area contributed by atoms with Crippen molar-refractivity contribution < 1.29 is 4.79 Å². The van der Waals surface area contributed by atoms with E-state index in [-0.39, 0.29) is 5.91 Å². The van der Waals surface area contributed by atoms with Gasteiger partial charge in [-0.25, -0.2) is 0 Å². The minimum atomic E-state index is -0.00619. The van der Waals surface area contributed by atoms with Crippen LogP contribution in [0.2, 0.25) is 0 Å². The van der Waals surface area contributed by atoms with E-state index in [2.05, 4.69) is 23.2 Å². The molecule has 136 valence electrons. The van der Waals surface area contributed by atoms with Gasteiger partial charge >= 0.3 is 0 Å². The lowest BCUT2D eigenvalue weighted by Gasteiger charge is -2.18. The van der Waals surface area contributed by atoms with Gasteiger partial charge in [0.2, 0.25) is 0 Å². The monoisotopic (exact) mass is 358 g/mol. The first-order valence-corrected chi connectivity index (χ1v) is 8.94. The zero-order chi connectivity index (χ0) is 19.0. The number of aromatic amines is 1. The van der Waals surface area contributed by atoms with Crippen molar-refractivity contribution in [2.75, 3.05) is 7.05 Å². The molecule has 1 amide bonds. The second-order valence-electron chi connectivity index (χ2n) is 6.90. The molecule has 0 bridgehead atoms. The van der Waals surface area contributed by atoms with Crippen LogP contribution in [0.1, 0.15) is 21.6 Å². The van der Waals surface area contributed by atoms with Gasteiger partial charge in [-0.2, -0.15) is 5.10 Å². The Kier molecular flexibility index (Phi) is 4.28. The maximum absolute atomic E-state index is 13.1. The van der Waals surface area contributed by atoms with E-state index < -0.39 is 0 Å². The number of nitrogens with zero attached hydrogens (tertiary/aromatic N) is 3. The Morgan fingerprint density at radius 1 is 1.15 bits per heavy atom. The molecule has 1 N–H and O–H groups in total. The van der Waals surface area contributed by atoms with Gasteiger partial charge in [-0.15, -0.1) is 0 Å². The molecule has 4 rings (SSSR count). The maximum atomic E-state index is 13.1. The molecule has 5 heteroatoms. The summed E-state index contributed by atoms with van der Waals surface area (Å²) in [7, 11) is 3.78. The van der Waals surface area contributed by atoms with E-state index in [1.807, 2.05) is 67.2 Å². The molecule has 2 aromatic heterocycles. The molecule has 0 saturated heterocycles. The molecule has 0 unspecified atom stereocenters. The number of fused-ring (bicyclic) bond motifs is 1. The number of H-pyrrole nitrogens is 1. The summed E-state index contributed by atoms with van der Waals surface area (Å²) in [4.78, 5) is 14.8. The number of amides is 1. The number of aryl methyl sites for hydroxylation is 2. The third kappa shape index (κ3) is 3.01. The molecule has 0 atom stereocenters. The Morgan fingerprint density at radius 3 is 2.67 bits per heavy atom. The fourth-order valence-electron chi connectivity index (χ4n) is 3.63. The number of para-hydroxylation sites is 1. The predicted octanol–water partition coefficient (Wildman–Crippen LogP) is 4.15. The number of aromatic nitrogens is 3. The summed E-state index contributed by atoms with van der Waals surface area (Å²) in [6, 6.07) is 18.1. The molecule has 5 nitrogen and oxygen atoms in total. The third-order valence-corrected chi connectivity index (χ3v) is 5.01. The summed E-state index contributed by atoms with van der Waals surface area (Å²) in [6.07, 6.45) is 1.79. The van der Waals surface area contributed by atoms with Crippen molar-refractivity contribution in [3.8, 4) is 11.3 Å². The molecule has 0 aliphatic carbocycles. The van der Waals surface area contributed by atoms with Crippen molar-refractivity contribution in [1.82, 2.24) is 19.7 Å². The first-order chi connectivity index (χ1) is 13.1. The fourth-order valence-corrected chi connectivity index (χ4v) is 3.63. The van der Waals surface area contributed by atoms with E-state index in [0.29, 0.717) is 12.2 Å². The highest BCUT2D eigenvalue weighted by Crippen LogP contribution is 2.25. The molecule has 2 aromatic carbocycles. The number of benzene rings is 2. The summed E-state index contributed by atoms with van der Waals surface area (Å²) in [5.41, 5.74) is 5.95. The van der Waals surface area contributed by atoms with Crippen LogP contribution in [0.3, 0.4) is 0 Å². The molecule has 0 fully saturated rings. The molecule has 0 aliphatic heterocycles. The van der Waals surface area contributed by atoms with Gasteiger partial charge in [-0.1, -0.05) is 48.5 Å². The summed E-state index contributed by atoms with van der Waals surface area (Å²) in [6.45, 7) is 2.55. The topological polar surface area (TPSA) is 53.9 Å². The smallest absolute Gasteiger partial charge is 0.270 e. The molecule has 0 spiro atoms. The molecule has 2 heterocycles. The number of rotatable bonds is 4. The van der Waals surface area contributed by atoms with Crippen molar-refractivity contribution in [2.24, 2.45) is 7.05 Å². The Bertz CT molecular complexity index is 1110. The van der Waals surface area contributed by atoms with Gasteiger partial charge in [0.15, 0.2) is 0 Å². The molecule has 0 saturated carbocycles. The average molecular weight is 358 g/mol. The van der Waals surface area contributed by atoms with Crippen molar-refractivity contribution in [3.05, 3.63) is 77.6 Å². The molecule has 27 heavy (non-hydrogen) atoms. The van der Waals surface area contributed by atoms with E-state index in [0.717, 1.165) is 33.3 Å². The standard InChI is InChI=1S/C22H22N4O/c1-15-8-7-11-17-12-19(26(3)21(15)17)22(27)25(2)14-18-13-23-24-20(18)16-9-5-4-6-10-16/h4-13H,14H2,1-3H3,(H,23,24). The number of carbonyl (C=O) groups excluding carboxylic acids is 1. The van der Waals surface area contributed by atoms with Crippen molar-refractivity contribution in [1.29, 1.82) is 0 Å². The first kappa shape index (κ1) is 17.1. The van der Waals surface area contributed by atoms with Gasteiger partial charge in [-0.05, 0) is 24.1 Å². The first-order valence-electron chi connectivity index (χ1n) is 8.94. The minimum absolute atomic E-state index is 0.00619. The Morgan fingerprint density at radius 2 is 1.93 bits per heavy atom. The minimum Gasteiger partial charge on any atom is -0.339 e. The van der Waals surface area contributed by atoms with Gasteiger partial charge in [0.25, 0.3) is 5.91 Å². The van der Waals surface area contributed by atoms with Crippen LogP contribution < -0.4 is 0 Å². The van der Waals surface area contributed by atoms with E-state index in [1.54, 1.807) is 11.1 Å². The number of nitrogens with one attached hydrogen (secondary N) is 1. The van der Waals surface area contributed by atoms with E-state index in [9.17, 15) is 4.79 Å². The lowest BCUT2D eigenvalue weighted by atomic mass is 10.1. The fraction of sp³-hybridized carbons (Fsp3) is 0.182. The summed E-state index contributed by atoms with van der Waals surface area (Å²) in [5.74, 6) is -0.00619. The highest BCUT2D eigenvalue weighted by Gasteiger charge is 2.20. The van der Waals surface area contributed by atoms with Crippen LogP contribution >= 0.6 is 0 Å². The van der Waals surface area contributed by atoms with Gasteiger partial charge in [0, 0.05) is 31.6 Å². The van der Waals surface area contributed by atoms with Crippen LogP contribution in [0.5, 0.6) is 0 Å². The highest BCUT2D eigenvalue weighted by atomic mass is 16.2. The molecule has 4 aromatic rings. The van der Waals surface area contributed by atoms with Crippen LogP contribution in [-0.4, -0.2) is 32.6 Å². The van der Waals surface area contributed by atoms with Gasteiger partial charge in [-0.3, -0.25) is 9.89 Å². The van der Waals surface area contributed by atoms with Gasteiger partial charge in [0.05, 0.1) is 17.4 Å². The number of hydrogen-bond acceptors (Lipinski definition) is 2. The molecule has 0 aliphatic rings. The lowest BCUT2D eigenvalue weighted by molar-refractivity contribution is 0.0776. The third-order valence-electron chi connectivity index (χ3n) is 5.01. The SMILES string of the molecule is Cc1cccc2cc(C(=O)N(C)Cc3cn[nH]c3-c3ccccc3)n(C)c12. The number of hydrogen-bond donors (Lipinski definition) is 1. The quantitative estimate of drug-likeness (QED) is 0.596. The van der Waals surface area contributed by atoms with Crippen molar-refractivity contribution in [2.45, 2.75) is 13.5 Å². The van der Waals surface area contributed by atoms with Crippen LogP contribution in [0.25, 0.3) is 22.2 Å². The van der Waals surface area contributed by atoms with Gasteiger partial charge in [0.1, 0.15) is 5.69 Å². The maximum Gasteiger partial charge on any atom is 0.270 e. The van der Waals surface area contributed by atoms with Crippen LogP contribution in [0, 0.1) is 6.92 Å². The lowest BCUT2D eigenvalue weighted by Crippen LogP contribution is -2.28. The largest absolute Gasteiger partial charge is 0.339 e. The van der Waals surface area contributed by atoms with Crippen molar-refractivity contribution >= 4 is 16.8 Å². The average Bonchev–Trinajstić information content (AvgIpc) is 3.27.